The molecule has 2 aliphatic heterocycles. The molecule has 32 heavy (non-hydrogen) atoms. The second-order valence-electron chi connectivity index (χ2n) is 7.99. The van der Waals surface area contributed by atoms with Crippen LogP contribution in [0.3, 0.4) is 0 Å². The fourth-order valence-corrected chi connectivity index (χ4v) is 4.20. The Morgan fingerprint density at radius 1 is 1.00 bits per heavy atom. The van der Waals surface area contributed by atoms with E-state index in [0.717, 1.165) is 40.4 Å². The number of hydrogen-bond donors (Lipinski definition) is 0. The van der Waals surface area contributed by atoms with Gasteiger partial charge in [-0.1, -0.05) is 36.4 Å². The number of fused-ring (bicyclic) bond motifs is 1. The van der Waals surface area contributed by atoms with Crippen molar-refractivity contribution in [1.29, 1.82) is 0 Å². The Bertz CT molecular complexity index is 1130. The van der Waals surface area contributed by atoms with E-state index in [4.69, 9.17) is 18.9 Å². The van der Waals surface area contributed by atoms with Crippen LogP contribution in [0.25, 0.3) is 0 Å². The first kappa shape index (κ1) is 20.2. The molecule has 3 aromatic carbocycles. The summed E-state index contributed by atoms with van der Waals surface area (Å²) in [5.74, 6) is 2.96. The van der Waals surface area contributed by atoms with Gasteiger partial charge < -0.3 is 23.8 Å². The number of hydrogen-bond acceptors (Lipinski definition) is 5. The first-order chi connectivity index (χ1) is 15.6. The number of para-hydroxylation sites is 1. The van der Waals surface area contributed by atoms with Crippen LogP contribution in [-0.4, -0.2) is 37.4 Å². The number of carbonyl (C=O) groups is 1. The van der Waals surface area contributed by atoms with Crippen LogP contribution in [-0.2, 0) is 11.2 Å². The smallest absolute Gasteiger partial charge is 0.266 e. The van der Waals surface area contributed by atoms with Crippen molar-refractivity contribution in [2.45, 2.75) is 25.5 Å². The van der Waals surface area contributed by atoms with E-state index in [1.54, 1.807) is 7.11 Å². The molecule has 0 spiro atoms. The molecule has 6 nitrogen and oxygen atoms in total. The number of aryl methyl sites for hydroxylation is 1. The molecular weight excluding hydrogens is 406 g/mol. The molecule has 0 N–H and O–H groups in total. The van der Waals surface area contributed by atoms with Crippen molar-refractivity contribution in [3.05, 3.63) is 83.4 Å². The first-order valence-electron chi connectivity index (χ1n) is 10.7. The minimum absolute atomic E-state index is 0.00979. The number of nitrogens with zero attached hydrogens (tertiary/aromatic N) is 1. The first-order valence-corrected chi connectivity index (χ1v) is 10.7. The molecular formula is C26H25NO5. The van der Waals surface area contributed by atoms with E-state index in [1.165, 1.54) is 0 Å². The average molecular weight is 431 g/mol. The zero-order valence-corrected chi connectivity index (χ0v) is 18.1. The molecule has 0 saturated carbocycles. The number of likely N-dealkylation sites (tertiary alicyclic amines) is 1. The van der Waals surface area contributed by atoms with Gasteiger partial charge in [0.15, 0.2) is 11.5 Å². The highest BCUT2D eigenvalue weighted by Gasteiger charge is 2.50. The molecule has 3 aromatic rings. The Balaban J connectivity index is 1.38. The summed E-state index contributed by atoms with van der Waals surface area (Å²) in [7, 11) is 1.65. The van der Waals surface area contributed by atoms with Gasteiger partial charge in [0, 0.05) is 6.54 Å². The summed E-state index contributed by atoms with van der Waals surface area (Å²) in [6.45, 7) is 2.79. The van der Waals surface area contributed by atoms with Crippen LogP contribution in [0.1, 0.15) is 22.7 Å². The Hall–Kier alpha value is -3.67. The number of β-lactam (4-membered cyclic amide) rings is 1. The Labute approximate surface area is 187 Å². The summed E-state index contributed by atoms with van der Waals surface area (Å²) < 4.78 is 22.5. The highest BCUT2D eigenvalue weighted by Crippen LogP contribution is 2.42. The summed E-state index contributed by atoms with van der Waals surface area (Å²) in [6, 6.07) is 21.3. The number of amides is 1. The van der Waals surface area contributed by atoms with Crippen LogP contribution in [0.4, 0.5) is 0 Å². The Morgan fingerprint density at radius 2 is 1.78 bits per heavy atom. The third-order valence-corrected chi connectivity index (χ3v) is 6.04. The maximum atomic E-state index is 13.1. The number of methoxy groups -OCH3 is 1. The third-order valence-electron chi connectivity index (χ3n) is 6.04. The molecule has 164 valence electrons. The predicted molar refractivity (Wildman–Crippen MR) is 119 cm³/mol. The fourth-order valence-electron chi connectivity index (χ4n) is 4.20. The molecule has 6 heteroatoms. The van der Waals surface area contributed by atoms with Crippen LogP contribution >= 0.6 is 0 Å². The van der Waals surface area contributed by atoms with Gasteiger partial charge in [-0.25, -0.2) is 0 Å². The SMILES string of the molecule is COc1ccc(CCN2C(=O)[C@H](Oc3ccccc3C)[C@H]2c2ccc3c(c2)OCO3)cc1. The standard InChI is InChI=1S/C26H25NO5/c1-17-5-3-4-6-21(17)32-25-24(19-9-12-22-23(15-19)31-16-30-22)27(26(25)28)14-13-18-7-10-20(29-2)11-8-18/h3-12,15,24-25H,13-14,16H2,1-2H3/t24-,25-/m1/s1. The summed E-state index contributed by atoms with van der Waals surface area (Å²) in [4.78, 5) is 15.0. The average Bonchev–Trinajstić information content (AvgIpc) is 3.29. The van der Waals surface area contributed by atoms with Crippen LogP contribution < -0.4 is 18.9 Å². The van der Waals surface area contributed by atoms with Crippen LogP contribution in [0.15, 0.2) is 66.7 Å². The van der Waals surface area contributed by atoms with Crippen molar-refractivity contribution < 1.29 is 23.7 Å². The van der Waals surface area contributed by atoms with Gasteiger partial charge in [0.25, 0.3) is 5.91 Å². The summed E-state index contributed by atoms with van der Waals surface area (Å²) in [5.41, 5.74) is 3.12. The Kier molecular flexibility index (Phi) is 5.35. The molecule has 0 radical (unpaired) electrons. The molecule has 0 bridgehead atoms. The van der Waals surface area contributed by atoms with Gasteiger partial charge in [-0.3, -0.25) is 4.79 Å². The van der Waals surface area contributed by atoms with Crippen molar-refractivity contribution in [3.63, 3.8) is 0 Å². The van der Waals surface area contributed by atoms with E-state index >= 15 is 0 Å². The zero-order valence-electron chi connectivity index (χ0n) is 18.1. The molecule has 0 unspecified atom stereocenters. The number of rotatable bonds is 7. The summed E-state index contributed by atoms with van der Waals surface area (Å²) >= 11 is 0. The molecule has 2 atom stereocenters. The van der Waals surface area contributed by atoms with Crippen LogP contribution in [0.2, 0.25) is 0 Å². The van der Waals surface area contributed by atoms with E-state index in [0.29, 0.717) is 12.3 Å². The lowest BCUT2D eigenvalue weighted by Gasteiger charge is -2.47. The summed E-state index contributed by atoms with van der Waals surface area (Å²) in [6.07, 6.45) is 0.167. The second kappa shape index (κ2) is 8.46. The minimum atomic E-state index is -0.577. The van der Waals surface area contributed by atoms with Crippen molar-refractivity contribution in [3.8, 4) is 23.0 Å². The maximum Gasteiger partial charge on any atom is 0.266 e. The zero-order chi connectivity index (χ0) is 22.1. The van der Waals surface area contributed by atoms with E-state index in [1.807, 2.05) is 78.6 Å². The lowest BCUT2D eigenvalue weighted by molar-refractivity contribution is -0.164. The summed E-state index contributed by atoms with van der Waals surface area (Å²) in [5, 5.41) is 0. The second-order valence-corrected chi connectivity index (χ2v) is 7.99. The van der Waals surface area contributed by atoms with Crippen molar-refractivity contribution in [1.82, 2.24) is 4.90 Å². The van der Waals surface area contributed by atoms with E-state index in [9.17, 15) is 4.79 Å². The topological polar surface area (TPSA) is 57.2 Å². The van der Waals surface area contributed by atoms with Gasteiger partial charge in [0.1, 0.15) is 17.5 Å². The van der Waals surface area contributed by atoms with E-state index < -0.39 is 6.10 Å². The van der Waals surface area contributed by atoms with Gasteiger partial charge in [-0.15, -0.1) is 0 Å². The Morgan fingerprint density at radius 3 is 2.56 bits per heavy atom. The van der Waals surface area contributed by atoms with E-state index in [-0.39, 0.29) is 18.7 Å². The van der Waals surface area contributed by atoms with Gasteiger partial charge in [-0.2, -0.15) is 0 Å². The third kappa shape index (κ3) is 3.73. The molecule has 2 aliphatic rings. The van der Waals surface area contributed by atoms with Crippen molar-refractivity contribution in [2.75, 3.05) is 20.4 Å². The van der Waals surface area contributed by atoms with Gasteiger partial charge in [0.05, 0.1) is 7.11 Å². The molecule has 5 rings (SSSR count). The molecule has 1 amide bonds. The van der Waals surface area contributed by atoms with Crippen LogP contribution in [0, 0.1) is 6.92 Å². The quantitative estimate of drug-likeness (QED) is 0.522. The number of ether oxygens (including phenoxy) is 4. The largest absolute Gasteiger partial charge is 0.497 e. The molecule has 0 aromatic heterocycles. The molecule has 2 heterocycles. The van der Waals surface area contributed by atoms with Crippen molar-refractivity contribution >= 4 is 5.91 Å². The highest BCUT2D eigenvalue weighted by atomic mass is 16.7. The highest BCUT2D eigenvalue weighted by molar-refractivity contribution is 5.89. The van der Waals surface area contributed by atoms with Gasteiger partial charge in [-0.05, 0) is 60.4 Å². The minimum Gasteiger partial charge on any atom is -0.497 e. The predicted octanol–water partition coefficient (Wildman–Crippen LogP) is 4.31. The number of carbonyl (C=O) groups excluding carboxylic acids is 1. The molecule has 0 aliphatic carbocycles. The monoisotopic (exact) mass is 431 g/mol. The van der Waals surface area contributed by atoms with E-state index in [2.05, 4.69) is 0 Å². The van der Waals surface area contributed by atoms with Crippen LogP contribution in [0.5, 0.6) is 23.0 Å². The fraction of sp³-hybridized carbons (Fsp3) is 0.269. The maximum absolute atomic E-state index is 13.1. The molecule has 1 saturated heterocycles. The van der Waals surface area contributed by atoms with Gasteiger partial charge >= 0.3 is 0 Å². The lowest BCUT2D eigenvalue weighted by atomic mass is 9.89. The van der Waals surface area contributed by atoms with Crippen molar-refractivity contribution in [2.24, 2.45) is 0 Å². The number of benzene rings is 3. The lowest BCUT2D eigenvalue weighted by Crippen LogP contribution is -2.61. The van der Waals surface area contributed by atoms with Gasteiger partial charge in [0.2, 0.25) is 12.9 Å². The molecule has 1 fully saturated rings. The normalized spacial score (nSPS) is 18.9.